The fraction of sp³-hybridized carbons (Fsp3) is 0.462. The van der Waals surface area contributed by atoms with Gasteiger partial charge in [0, 0.05) is 5.92 Å². The number of primary sulfonamides is 1. The first-order chi connectivity index (χ1) is 9.10. The molecule has 0 aromatic heterocycles. The van der Waals surface area contributed by atoms with Crippen molar-refractivity contribution in [3.05, 3.63) is 29.6 Å². The van der Waals surface area contributed by atoms with Gasteiger partial charge >= 0.3 is 5.97 Å². The molecule has 0 bridgehead atoms. The van der Waals surface area contributed by atoms with E-state index >= 15 is 0 Å². The summed E-state index contributed by atoms with van der Waals surface area (Å²) in [5, 5.41) is 4.95. The van der Waals surface area contributed by atoms with Gasteiger partial charge in [0.2, 0.25) is 10.0 Å². The molecule has 0 radical (unpaired) electrons. The molecule has 0 aliphatic heterocycles. The van der Waals surface area contributed by atoms with Crippen molar-refractivity contribution in [3.63, 3.8) is 0 Å². The van der Waals surface area contributed by atoms with E-state index in [1.54, 1.807) is 0 Å². The van der Waals surface area contributed by atoms with Crippen molar-refractivity contribution in [1.29, 1.82) is 0 Å². The molecule has 0 unspecified atom stereocenters. The normalized spacial score (nSPS) is 24.2. The van der Waals surface area contributed by atoms with Gasteiger partial charge in [0.25, 0.3) is 0 Å². The van der Waals surface area contributed by atoms with Crippen molar-refractivity contribution in [3.8, 4) is 0 Å². The van der Waals surface area contributed by atoms with Gasteiger partial charge in [-0.1, -0.05) is 19.9 Å². The third kappa shape index (κ3) is 2.31. The highest BCUT2D eigenvalue weighted by Gasteiger charge is 2.63. The van der Waals surface area contributed by atoms with Crippen LogP contribution in [0.15, 0.2) is 23.1 Å². The van der Waals surface area contributed by atoms with Gasteiger partial charge < -0.3 is 4.74 Å². The van der Waals surface area contributed by atoms with Crippen LogP contribution in [0.4, 0.5) is 4.39 Å². The fourth-order valence-corrected chi connectivity index (χ4v) is 3.25. The van der Waals surface area contributed by atoms with Crippen LogP contribution >= 0.6 is 0 Å². The molecule has 1 aliphatic rings. The summed E-state index contributed by atoms with van der Waals surface area (Å²) in [6.07, 6.45) is 0. The Bertz CT molecular complexity index is 669. The smallest absolute Gasteiger partial charge is 0.309 e. The number of methoxy groups -OCH3 is 1. The van der Waals surface area contributed by atoms with Gasteiger partial charge in [-0.3, -0.25) is 4.79 Å². The summed E-state index contributed by atoms with van der Waals surface area (Å²) in [6, 6.07) is 3.49. The zero-order chi connectivity index (χ0) is 15.3. The lowest BCUT2D eigenvalue weighted by Crippen LogP contribution is -2.12. The maximum absolute atomic E-state index is 14.1. The number of benzene rings is 1. The van der Waals surface area contributed by atoms with Crippen LogP contribution in [0.25, 0.3) is 0 Å². The van der Waals surface area contributed by atoms with Crippen LogP contribution in [0.1, 0.15) is 25.3 Å². The molecule has 1 aliphatic carbocycles. The number of hydrogen-bond donors (Lipinski definition) is 1. The Morgan fingerprint density at radius 2 is 2.00 bits per heavy atom. The Labute approximate surface area is 117 Å². The second-order valence-corrected chi connectivity index (χ2v) is 7.09. The van der Waals surface area contributed by atoms with E-state index in [1.807, 2.05) is 13.8 Å². The Hall–Kier alpha value is -1.47. The zero-order valence-electron chi connectivity index (χ0n) is 11.4. The minimum atomic E-state index is -3.94. The number of rotatable bonds is 3. The second-order valence-electron chi connectivity index (χ2n) is 5.53. The van der Waals surface area contributed by atoms with Crippen LogP contribution in [0, 0.1) is 17.2 Å². The van der Waals surface area contributed by atoms with E-state index in [4.69, 9.17) is 9.88 Å². The minimum absolute atomic E-state index is 0.285. The van der Waals surface area contributed by atoms with Crippen LogP contribution in [0.3, 0.4) is 0 Å². The molecule has 2 rings (SSSR count). The molecule has 2 N–H and O–H groups in total. The molecule has 1 fully saturated rings. The fourth-order valence-electron chi connectivity index (χ4n) is 2.72. The molecule has 0 amide bonds. The number of halogens is 1. The molecule has 110 valence electrons. The van der Waals surface area contributed by atoms with Gasteiger partial charge in [-0.15, -0.1) is 0 Å². The summed E-state index contributed by atoms with van der Waals surface area (Å²) in [7, 11) is -2.66. The number of sulfonamides is 1. The third-order valence-corrected chi connectivity index (χ3v) is 4.83. The lowest BCUT2D eigenvalue weighted by molar-refractivity contribution is -0.143. The molecule has 2 atom stereocenters. The van der Waals surface area contributed by atoms with E-state index in [-0.39, 0.29) is 10.8 Å². The molecule has 5 nitrogen and oxygen atoms in total. The molecular weight excluding hydrogens is 285 g/mol. The van der Waals surface area contributed by atoms with Gasteiger partial charge in [0.05, 0.1) is 17.9 Å². The molecule has 0 saturated heterocycles. The second kappa shape index (κ2) is 4.53. The summed E-state index contributed by atoms with van der Waals surface area (Å²) in [6.45, 7) is 3.68. The average Bonchev–Trinajstić information content (AvgIpc) is 2.89. The summed E-state index contributed by atoms with van der Waals surface area (Å²) in [4.78, 5) is 11.4. The number of carbonyl (C=O) groups excluding carboxylic acids is 1. The predicted octanol–water partition coefficient (Wildman–Crippen LogP) is 1.39. The number of ether oxygens (including phenoxy) is 1. The first kappa shape index (κ1) is 14.9. The topological polar surface area (TPSA) is 86.5 Å². The van der Waals surface area contributed by atoms with Crippen molar-refractivity contribution in [2.24, 2.45) is 16.5 Å². The quantitative estimate of drug-likeness (QED) is 0.855. The summed E-state index contributed by atoms with van der Waals surface area (Å²) in [5.74, 6) is -1.83. The predicted molar refractivity (Wildman–Crippen MR) is 69.8 cm³/mol. The van der Waals surface area contributed by atoms with Crippen LogP contribution < -0.4 is 5.14 Å². The summed E-state index contributed by atoms with van der Waals surface area (Å²) in [5.41, 5.74) is -0.116. The molecule has 0 spiro atoms. The highest BCUT2D eigenvalue weighted by molar-refractivity contribution is 7.89. The number of carbonyl (C=O) groups is 1. The van der Waals surface area contributed by atoms with E-state index in [0.717, 1.165) is 6.07 Å². The van der Waals surface area contributed by atoms with Crippen molar-refractivity contribution in [2.45, 2.75) is 24.7 Å². The maximum Gasteiger partial charge on any atom is 0.309 e. The summed E-state index contributed by atoms with van der Waals surface area (Å²) >= 11 is 0. The third-order valence-electron chi connectivity index (χ3n) is 3.92. The van der Waals surface area contributed by atoms with Crippen LogP contribution in [-0.4, -0.2) is 21.5 Å². The lowest BCUT2D eigenvalue weighted by Gasteiger charge is -2.06. The molecule has 7 heteroatoms. The largest absolute Gasteiger partial charge is 0.469 e. The Balaban J connectivity index is 2.39. The first-order valence-corrected chi connectivity index (χ1v) is 7.55. The van der Waals surface area contributed by atoms with Gasteiger partial charge in [0.1, 0.15) is 5.82 Å². The Kier molecular flexibility index (Phi) is 3.38. The number of hydrogen-bond acceptors (Lipinski definition) is 4. The van der Waals surface area contributed by atoms with Crippen molar-refractivity contribution in [1.82, 2.24) is 0 Å². The van der Waals surface area contributed by atoms with E-state index in [2.05, 4.69) is 0 Å². The van der Waals surface area contributed by atoms with Gasteiger partial charge in [-0.2, -0.15) is 0 Å². The minimum Gasteiger partial charge on any atom is -0.469 e. The molecule has 20 heavy (non-hydrogen) atoms. The highest BCUT2D eigenvalue weighted by Crippen LogP contribution is 2.65. The molecular formula is C13H16FNO4S. The summed E-state index contributed by atoms with van der Waals surface area (Å²) < 4.78 is 41.1. The van der Waals surface area contributed by atoms with Crippen LogP contribution in [-0.2, 0) is 19.6 Å². The van der Waals surface area contributed by atoms with Crippen LogP contribution in [0.5, 0.6) is 0 Å². The number of nitrogens with two attached hydrogens (primary N) is 1. The van der Waals surface area contributed by atoms with Gasteiger partial charge in [0.15, 0.2) is 0 Å². The van der Waals surface area contributed by atoms with E-state index in [9.17, 15) is 17.6 Å². The lowest BCUT2D eigenvalue weighted by atomic mass is 10.0. The Morgan fingerprint density at radius 1 is 1.40 bits per heavy atom. The van der Waals surface area contributed by atoms with Crippen molar-refractivity contribution in [2.75, 3.05) is 7.11 Å². The monoisotopic (exact) mass is 301 g/mol. The molecule has 1 aromatic rings. The SMILES string of the molecule is COC(=O)[C@@H]1[C@@H](c2ccc(S(N)(=O)=O)cc2F)C1(C)C. The van der Waals surface area contributed by atoms with E-state index in [0.29, 0.717) is 5.56 Å². The average molecular weight is 301 g/mol. The Morgan fingerprint density at radius 3 is 2.45 bits per heavy atom. The highest BCUT2D eigenvalue weighted by atomic mass is 32.2. The van der Waals surface area contributed by atoms with Gasteiger partial charge in [-0.05, 0) is 23.1 Å². The molecule has 0 heterocycles. The first-order valence-electron chi connectivity index (χ1n) is 6.00. The molecule has 1 aromatic carbocycles. The van der Waals surface area contributed by atoms with Crippen LogP contribution in [0.2, 0.25) is 0 Å². The van der Waals surface area contributed by atoms with E-state index in [1.165, 1.54) is 19.2 Å². The molecule has 1 saturated carbocycles. The van der Waals surface area contributed by atoms with Gasteiger partial charge in [-0.25, -0.2) is 17.9 Å². The van der Waals surface area contributed by atoms with Crippen molar-refractivity contribution >= 4 is 16.0 Å². The standard InChI is InChI=1S/C13H16FNO4S/c1-13(2)10(11(13)12(16)19-3)8-5-4-7(6-9(8)14)20(15,17)18/h4-6,10-11H,1-3H3,(H2,15,17,18)/t10-,11+/m1/s1. The van der Waals surface area contributed by atoms with E-state index < -0.39 is 33.1 Å². The maximum atomic E-state index is 14.1. The zero-order valence-corrected chi connectivity index (χ0v) is 12.2. The van der Waals surface area contributed by atoms with Crippen molar-refractivity contribution < 1.29 is 22.3 Å². The number of esters is 1.